The lowest BCUT2D eigenvalue weighted by Crippen LogP contribution is -2.32. The highest BCUT2D eigenvalue weighted by Gasteiger charge is 2.21. The van der Waals surface area contributed by atoms with Gasteiger partial charge in [0, 0.05) is 15.8 Å². The Kier molecular flexibility index (Phi) is 5.28. The molecule has 0 radical (unpaired) electrons. The van der Waals surface area contributed by atoms with Crippen molar-refractivity contribution < 1.29 is 9.90 Å². The number of halogens is 2. The van der Waals surface area contributed by atoms with Crippen molar-refractivity contribution in [1.82, 2.24) is 5.32 Å². The molecule has 3 nitrogen and oxygen atoms in total. The smallest absolute Gasteiger partial charge is 0.255 e. The molecule has 5 heteroatoms. The highest BCUT2D eigenvalue weighted by Crippen LogP contribution is 2.28. The standard InChI is InChI=1S/C14H17Br2NO2/c15-10-3-1-2-9(6-10)8-17-14(19)12-7-11(16)4-5-13(12)18/h4-5,7,9-10,18H,1-3,6,8H2,(H,17,19). The summed E-state index contributed by atoms with van der Waals surface area (Å²) < 4.78 is 0.786. The van der Waals surface area contributed by atoms with Crippen molar-refractivity contribution in [1.29, 1.82) is 0 Å². The van der Waals surface area contributed by atoms with E-state index < -0.39 is 0 Å². The number of alkyl halides is 1. The number of phenols is 1. The summed E-state index contributed by atoms with van der Waals surface area (Å²) in [5, 5.41) is 12.6. The van der Waals surface area contributed by atoms with Crippen LogP contribution >= 0.6 is 31.9 Å². The summed E-state index contributed by atoms with van der Waals surface area (Å²) in [6.45, 7) is 0.673. The molecular weight excluding hydrogens is 374 g/mol. The second kappa shape index (κ2) is 6.75. The first-order valence-electron chi connectivity index (χ1n) is 6.47. The van der Waals surface area contributed by atoms with E-state index in [1.807, 2.05) is 0 Å². The molecule has 1 amide bonds. The summed E-state index contributed by atoms with van der Waals surface area (Å²) in [6.07, 6.45) is 4.69. The Morgan fingerprint density at radius 2 is 2.21 bits per heavy atom. The van der Waals surface area contributed by atoms with Gasteiger partial charge in [-0.05, 0) is 43.4 Å². The van der Waals surface area contributed by atoms with Gasteiger partial charge in [-0.1, -0.05) is 38.3 Å². The first-order valence-corrected chi connectivity index (χ1v) is 8.18. The van der Waals surface area contributed by atoms with Gasteiger partial charge in [-0.3, -0.25) is 4.79 Å². The highest BCUT2D eigenvalue weighted by molar-refractivity contribution is 9.10. The largest absolute Gasteiger partial charge is 0.507 e. The Morgan fingerprint density at radius 1 is 1.42 bits per heavy atom. The highest BCUT2D eigenvalue weighted by atomic mass is 79.9. The molecule has 1 aliphatic rings. The molecular formula is C14H17Br2NO2. The second-order valence-electron chi connectivity index (χ2n) is 5.00. The number of nitrogens with one attached hydrogen (secondary N) is 1. The zero-order valence-corrected chi connectivity index (χ0v) is 13.7. The van der Waals surface area contributed by atoms with Crippen molar-refractivity contribution in [2.24, 2.45) is 5.92 Å². The minimum Gasteiger partial charge on any atom is -0.507 e. The third-order valence-corrected chi connectivity index (χ3v) is 4.80. The van der Waals surface area contributed by atoms with Crippen LogP contribution in [0.2, 0.25) is 0 Å². The second-order valence-corrected chi connectivity index (χ2v) is 7.21. The molecule has 2 unspecified atom stereocenters. The van der Waals surface area contributed by atoms with Crippen LogP contribution in [0.25, 0.3) is 0 Å². The summed E-state index contributed by atoms with van der Waals surface area (Å²) in [5.74, 6) is 0.328. The van der Waals surface area contributed by atoms with E-state index in [4.69, 9.17) is 0 Å². The summed E-state index contributed by atoms with van der Waals surface area (Å²) in [5.41, 5.74) is 0.320. The number of aromatic hydroxyl groups is 1. The van der Waals surface area contributed by atoms with Crippen molar-refractivity contribution in [3.63, 3.8) is 0 Å². The number of amides is 1. The number of carbonyl (C=O) groups is 1. The van der Waals surface area contributed by atoms with Gasteiger partial charge in [0.15, 0.2) is 0 Å². The first kappa shape index (κ1) is 14.9. The Hall–Kier alpha value is -0.550. The van der Waals surface area contributed by atoms with Crippen LogP contribution in [-0.2, 0) is 0 Å². The Labute approximate surface area is 130 Å². The molecule has 104 valence electrons. The molecule has 1 aromatic rings. The van der Waals surface area contributed by atoms with Gasteiger partial charge in [0.05, 0.1) is 5.56 Å². The fourth-order valence-electron chi connectivity index (χ4n) is 2.43. The minimum atomic E-state index is -0.213. The van der Waals surface area contributed by atoms with Crippen LogP contribution in [0.3, 0.4) is 0 Å². The van der Waals surface area contributed by atoms with Gasteiger partial charge in [-0.15, -0.1) is 0 Å². The normalized spacial score (nSPS) is 23.1. The van der Waals surface area contributed by atoms with Gasteiger partial charge in [0.2, 0.25) is 0 Å². The molecule has 2 rings (SSSR count). The van der Waals surface area contributed by atoms with Crippen molar-refractivity contribution >= 4 is 37.8 Å². The van der Waals surface area contributed by atoms with Gasteiger partial charge in [-0.2, -0.15) is 0 Å². The van der Waals surface area contributed by atoms with E-state index in [0.717, 1.165) is 17.3 Å². The molecule has 0 heterocycles. The number of phenolic OH excluding ortho intramolecular Hbond substituents is 1. The maximum atomic E-state index is 12.0. The van der Waals surface area contributed by atoms with E-state index in [1.165, 1.54) is 18.9 Å². The third kappa shape index (κ3) is 4.21. The quantitative estimate of drug-likeness (QED) is 0.770. The maximum Gasteiger partial charge on any atom is 0.255 e. The SMILES string of the molecule is O=C(NCC1CCCC(Br)C1)c1cc(Br)ccc1O. The van der Waals surface area contributed by atoms with Crippen LogP contribution < -0.4 is 5.32 Å². The molecule has 0 saturated heterocycles. The van der Waals surface area contributed by atoms with E-state index in [2.05, 4.69) is 37.2 Å². The van der Waals surface area contributed by atoms with Crippen molar-refractivity contribution in [3.05, 3.63) is 28.2 Å². The fourth-order valence-corrected chi connectivity index (χ4v) is 3.65. The number of benzene rings is 1. The zero-order chi connectivity index (χ0) is 13.8. The van der Waals surface area contributed by atoms with Gasteiger partial charge in [-0.25, -0.2) is 0 Å². The predicted molar refractivity (Wildman–Crippen MR) is 82.8 cm³/mol. The summed E-state index contributed by atoms with van der Waals surface area (Å²) in [4.78, 5) is 12.6. The summed E-state index contributed by atoms with van der Waals surface area (Å²) in [6, 6.07) is 4.87. The molecule has 1 aromatic carbocycles. The van der Waals surface area contributed by atoms with Crippen LogP contribution in [0, 0.1) is 5.92 Å². The van der Waals surface area contributed by atoms with E-state index in [1.54, 1.807) is 12.1 Å². The number of hydrogen-bond acceptors (Lipinski definition) is 2. The average Bonchev–Trinajstić information content (AvgIpc) is 2.39. The van der Waals surface area contributed by atoms with Crippen LogP contribution in [0.5, 0.6) is 5.75 Å². The zero-order valence-electron chi connectivity index (χ0n) is 10.5. The molecule has 1 saturated carbocycles. The molecule has 0 spiro atoms. The van der Waals surface area contributed by atoms with E-state index in [-0.39, 0.29) is 11.7 Å². The Bertz CT molecular complexity index is 465. The van der Waals surface area contributed by atoms with Gasteiger partial charge in [0.25, 0.3) is 5.91 Å². The molecule has 0 aliphatic heterocycles. The van der Waals surface area contributed by atoms with Crippen LogP contribution in [0.4, 0.5) is 0 Å². The van der Waals surface area contributed by atoms with Crippen molar-refractivity contribution in [2.45, 2.75) is 30.5 Å². The Morgan fingerprint density at radius 3 is 2.95 bits per heavy atom. The van der Waals surface area contributed by atoms with Gasteiger partial charge in [0.1, 0.15) is 5.75 Å². The lowest BCUT2D eigenvalue weighted by molar-refractivity contribution is 0.0941. The molecule has 2 atom stereocenters. The number of carbonyl (C=O) groups excluding carboxylic acids is 1. The van der Waals surface area contributed by atoms with E-state index in [9.17, 15) is 9.90 Å². The summed E-state index contributed by atoms with van der Waals surface area (Å²) in [7, 11) is 0. The molecule has 2 N–H and O–H groups in total. The molecule has 1 aliphatic carbocycles. The predicted octanol–water partition coefficient (Wildman–Crippen LogP) is 3.84. The fraction of sp³-hybridized carbons (Fsp3) is 0.500. The van der Waals surface area contributed by atoms with Crippen LogP contribution in [-0.4, -0.2) is 22.4 Å². The summed E-state index contributed by atoms with van der Waals surface area (Å²) >= 11 is 6.95. The molecule has 1 fully saturated rings. The van der Waals surface area contributed by atoms with Crippen molar-refractivity contribution in [3.8, 4) is 5.75 Å². The lowest BCUT2D eigenvalue weighted by Gasteiger charge is -2.25. The van der Waals surface area contributed by atoms with Gasteiger partial charge >= 0.3 is 0 Å². The molecule has 19 heavy (non-hydrogen) atoms. The third-order valence-electron chi connectivity index (χ3n) is 3.47. The topological polar surface area (TPSA) is 49.3 Å². The number of rotatable bonds is 3. The maximum absolute atomic E-state index is 12.0. The monoisotopic (exact) mass is 389 g/mol. The van der Waals surface area contributed by atoms with E-state index >= 15 is 0 Å². The average molecular weight is 391 g/mol. The van der Waals surface area contributed by atoms with Crippen LogP contribution in [0.1, 0.15) is 36.0 Å². The first-order chi connectivity index (χ1) is 9.06. The Balaban J connectivity index is 1.92. The molecule has 0 bridgehead atoms. The van der Waals surface area contributed by atoms with Crippen molar-refractivity contribution in [2.75, 3.05) is 6.54 Å². The van der Waals surface area contributed by atoms with Crippen LogP contribution in [0.15, 0.2) is 22.7 Å². The minimum absolute atomic E-state index is 0.0164. The lowest BCUT2D eigenvalue weighted by atomic mass is 9.89. The number of hydrogen-bond donors (Lipinski definition) is 2. The molecule has 0 aromatic heterocycles. The van der Waals surface area contributed by atoms with E-state index in [0.29, 0.717) is 22.9 Å². The van der Waals surface area contributed by atoms with Gasteiger partial charge < -0.3 is 10.4 Å².